The molecule has 0 unspecified atom stereocenters. The lowest BCUT2D eigenvalue weighted by Gasteiger charge is -2.17. The van der Waals surface area contributed by atoms with Crippen LogP contribution in [0.15, 0.2) is 47.5 Å². The smallest absolute Gasteiger partial charge is 0.243 e. The van der Waals surface area contributed by atoms with Crippen LogP contribution < -0.4 is 0 Å². The minimum Gasteiger partial charge on any atom is -0.313 e. The Bertz CT molecular complexity index is 1060. The lowest BCUT2D eigenvalue weighted by molar-refractivity contribution is 0.469. The van der Waals surface area contributed by atoms with Gasteiger partial charge in [0, 0.05) is 31.7 Å². The molecule has 4 rings (SSSR count). The van der Waals surface area contributed by atoms with Crippen molar-refractivity contribution in [3.8, 4) is 0 Å². The number of sulfonamides is 1. The van der Waals surface area contributed by atoms with Gasteiger partial charge < -0.3 is 4.57 Å². The zero-order valence-corrected chi connectivity index (χ0v) is 16.5. The molecule has 0 bridgehead atoms. The number of benzene rings is 1. The Morgan fingerprint density at radius 1 is 1.15 bits per heavy atom. The normalized spacial score (nSPS) is 18.4. The standard InChI is InChI=1S/C20H24N4O2S/c1-3-15-7-9-17(10-8-15)27(25,26)23-13-11-16(14-23)19-22-18-6-5-12-21-20(18)24(19)4-2/h5-10,12,16H,3-4,11,13-14H2,1-2H3/t16-/m0/s1. The second-order valence-electron chi connectivity index (χ2n) is 6.91. The van der Waals surface area contributed by atoms with Gasteiger partial charge in [-0.15, -0.1) is 0 Å². The molecule has 7 heteroatoms. The quantitative estimate of drug-likeness (QED) is 0.677. The average molecular weight is 385 g/mol. The Kier molecular flexibility index (Phi) is 4.74. The summed E-state index contributed by atoms with van der Waals surface area (Å²) in [4.78, 5) is 9.57. The lowest BCUT2D eigenvalue weighted by Crippen LogP contribution is -2.29. The minimum atomic E-state index is -3.47. The van der Waals surface area contributed by atoms with E-state index in [1.54, 1.807) is 22.6 Å². The maximum absolute atomic E-state index is 13.0. The van der Waals surface area contributed by atoms with Crippen molar-refractivity contribution >= 4 is 21.2 Å². The van der Waals surface area contributed by atoms with E-state index in [1.807, 2.05) is 24.3 Å². The van der Waals surface area contributed by atoms with Crippen LogP contribution in [0.3, 0.4) is 0 Å². The molecule has 0 saturated carbocycles. The van der Waals surface area contributed by atoms with E-state index in [2.05, 4.69) is 23.4 Å². The van der Waals surface area contributed by atoms with Crippen LogP contribution in [0.1, 0.15) is 37.6 Å². The molecule has 0 amide bonds. The Balaban J connectivity index is 1.61. The third-order valence-corrected chi connectivity index (χ3v) is 7.21. The highest BCUT2D eigenvalue weighted by Gasteiger charge is 2.35. The maximum Gasteiger partial charge on any atom is 0.243 e. The number of nitrogens with zero attached hydrogens (tertiary/aromatic N) is 4. The van der Waals surface area contributed by atoms with Gasteiger partial charge in [-0.3, -0.25) is 0 Å². The summed E-state index contributed by atoms with van der Waals surface area (Å²) < 4.78 is 29.7. The zero-order chi connectivity index (χ0) is 19.0. The van der Waals surface area contributed by atoms with Crippen molar-refractivity contribution in [2.45, 2.75) is 44.0 Å². The van der Waals surface area contributed by atoms with Gasteiger partial charge in [-0.2, -0.15) is 4.31 Å². The summed E-state index contributed by atoms with van der Waals surface area (Å²) >= 11 is 0. The van der Waals surface area contributed by atoms with Crippen molar-refractivity contribution < 1.29 is 8.42 Å². The molecular weight excluding hydrogens is 360 g/mol. The van der Waals surface area contributed by atoms with E-state index in [0.717, 1.165) is 41.9 Å². The van der Waals surface area contributed by atoms with Gasteiger partial charge in [-0.05, 0) is 49.6 Å². The highest BCUT2D eigenvalue weighted by Crippen LogP contribution is 2.32. The van der Waals surface area contributed by atoms with E-state index < -0.39 is 10.0 Å². The van der Waals surface area contributed by atoms with Gasteiger partial charge in [0.2, 0.25) is 10.0 Å². The van der Waals surface area contributed by atoms with Gasteiger partial charge in [0.15, 0.2) is 5.65 Å². The molecule has 0 aliphatic carbocycles. The Morgan fingerprint density at radius 2 is 1.93 bits per heavy atom. The second kappa shape index (κ2) is 7.05. The summed E-state index contributed by atoms with van der Waals surface area (Å²) in [6.07, 6.45) is 3.44. The molecule has 1 saturated heterocycles. The van der Waals surface area contributed by atoms with Gasteiger partial charge in [0.25, 0.3) is 0 Å². The maximum atomic E-state index is 13.0. The zero-order valence-electron chi connectivity index (χ0n) is 15.7. The van der Waals surface area contributed by atoms with E-state index >= 15 is 0 Å². The van der Waals surface area contributed by atoms with Crippen LogP contribution in [0, 0.1) is 0 Å². The van der Waals surface area contributed by atoms with Crippen LogP contribution in [0.5, 0.6) is 0 Å². The van der Waals surface area contributed by atoms with Crippen LogP contribution in [0.25, 0.3) is 11.2 Å². The van der Waals surface area contributed by atoms with Crippen molar-refractivity contribution in [1.82, 2.24) is 18.8 Å². The molecule has 2 aromatic heterocycles. The third kappa shape index (κ3) is 3.15. The van der Waals surface area contributed by atoms with Crippen LogP contribution in [-0.2, 0) is 23.0 Å². The Morgan fingerprint density at radius 3 is 2.63 bits per heavy atom. The minimum absolute atomic E-state index is 0.0869. The van der Waals surface area contributed by atoms with Gasteiger partial charge in [0.1, 0.15) is 11.3 Å². The predicted octanol–water partition coefficient (Wildman–Crippen LogP) is 3.19. The molecule has 0 radical (unpaired) electrons. The van der Waals surface area contributed by atoms with Crippen LogP contribution in [0.4, 0.5) is 0 Å². The molecule has 1 aliphatic heterocycles. The number of hydrogen-bond acceptors (Lipinski definition) is 4. The summed E-state index contributed by atoms with van der Waals surface area (Å²) in [5.41, 5.74) is 2.87. The molecule has 0 N–H and O–H groups in total. The topological polar surface area (TPSA) is 68.1 Å². The summed E-state index contributed by atoms with van der Waals surface area (Å²) in [6.45, 7) is 5.87. The summed E-state index contributed by atoms with van der Waals surface area (Å²) in [5, 5.41) is 0. The highest BCUT2D eigenvalue weighted by molar-refractivity contribution is 7.89. The Hall–Kier alpha value is -2.25. The van der Waals surface area contributed by atoms with Crippen molar-refractivity contribution in [3.05, 3.63) is 54.0 Å². The molecule has 3 heterocycles. The molecule has 3 aromatic rings. The molecule has 0 spiro atoms. The van der Waals surface area contributed by atoms with E-state index in [-0.39, 0.29) is 5.92 Å². The Labute approximate surface area is 159 Å². The largest absolute Gasteiger partial charge is 0.313 e. The number of hydrogen-bond donors (Lipinski definition) is 0. The first-order chi connectivity index (χ1) is 13.0. The molecule has 142 valence electrons. The van der Waals surface area contributed by atoms with Crippen molar-refractivity contribution in [2.75, 3.05) is 13.1 Å². The number of pyridine rings is 1. The summed E-state index contributed by atoms with van der Waals surface area (Å²) in [6, 6.07) is 11.0. The van der Waals surface area contributed by atoms with Gasteiger partial charge >= 0.3 is 0 Å². The highest BCUT2D eigenvalue weighted by atomic mass is 32.2. The van der Waals surface area contributed by atoms with Gasteiger partial charge in [0.05, 0.1) is 4.90 Å². The number of aromatic nitrogens is 3. The second-order valence-corrected chi connectivity index (χ2v) is 8.84. The monoisotopic (exact) mass is 384 g/mol. The lowest BCUT2D eigenvalue weighted by atomic mass is 10.1. The first-order valence-corrected chi connectivity index (χ1v) is 10.9. The van der Waals surface area contributed by atoms with Crippen molar-refractivity contribution in [3.63, 3.8) is 0 Å². The van der Waals surface area contributed by atoms with Crippen LogP contribution in [-0.4, -0.2) is 40.3 Å². The number of aryl methyl sites for hydroxylation is 2. The average Bonchev–Trinajstić information content (AvgIpc) is 3.32. The van der Waals surface area contributed by atoms with Gasteiger partial charge in [-0.1, -0.05) is 19.1 Å². The molecule has 1 fully saturated rings. The molecule has 6 nitrogen and oxygen atoms in total. The molecule has 1 aromatic carbocycles. The van der Waals surface area contributed by atoms with E-state index in [0.29, 0.717) is 18.0 Å². The van der Waals surface area contributed by atoms with E-state index in [4.69, 9.17) is 4.98 Å². The molecule has 1 atom stereocenters. The molecular formula is C20H24N4O2S. The first-order valence-electron chi connectivity index (χ1n) is 9.44. The SMILES string of the molecule is CCc1ccc(S(=O)(=O)N2CC[C@H](c3nc4cccnc4n3CC)C2)cc1. The fraction of sp³-hybridized carbons (Fsp3) is 0.400. The van der Waals surface area contributed by atoms with Crippen LogP contribution in [0.2, 0.25) is 0 Å². The summed E-state index contributed by atoms with van der Waals surface area (Å²) in [7, 11) is -3.47. The predicted molar refractivity (Wildman–Crippen MR) is 105 cm³/mol. The van der Waals surface area contributed by atoms with Crippen molar-refractivity contribution in [2.24, 2.45) is 0 Å². The molecule has 1 aliphatic rings. The van der Waals surface area contributed by atoms with Gasteiger partial charge in [-0.25, -0.2) is 18.4 Å². The van der Waals surface area contributed by atoms with Crippen LogP contribution >= 0.6 is 0 Å². The number of rotatable bonds is 5. The first kappa shape index (κ1) is 18.1. The third-order valence-electron chi connectivity index (χ3n) is 5.34. The fourth-order valence-electron chi connectivity index (χ4n) is 3.80. The van der Waals surface area contributed by atoms with E-state index in [9.17, 15) is 8.42 Å². The summed E-state index contributed by atoms with van der Waals surface area (Å²) in [5.74, 6) is 1.02. The van der Waals surface area contributed by atoms with Crippen molar-refractivity contribution in [1.29, 1.82) is 0 Å². The van der Waals surface area contributed by atoms with E-state index in [1.165, 1.54) is 0 Å². The number of fused-ring (bicyclic) bond motifs is 1. The molecule has 27 heavy (non-hydrogen) atoms. The fourth-order valence-corrected chi connectivity index (χ4v) is 5.30. The number of imidazole rings is 1.